The summed E-state index contributed by atoms with van der Waals surface area (Å²) in [4.78, 5) is 35.0. The fourth-order valence-corrected chi connectivity index (χ4v) is 6.40. The third kappa shape index (κ3) is 55.2. The van der Waals surface area contributed by atoms with Crippen LogP contribution in [-0.2, 0) is 131 Å². The second-order valence-corrected chi connectivity index (χ2v) is 19.3. The maximum atomic E-state index is 12.6. The predicted molar refractivity (Wildman–Crippen MR) is 260 cm³/mol. The van der Waals surface area contributed by atoms with Crippen molar-refractivity contribution in [3.8, 4) is 23.0 Å². The van der Waals surface area contributed by atoms with Crippen LogP contribution in [0.5, 0.6) is 23.0 Å². The number of nitrogens with zero attached hydrogens (tertiary/aromatic N) is 8. The molecule has 0 unspecified atom stereocenters. The van der Waals surface area contributed by atoms with E-state index in [-0.39, 0.29) is 154 Å². The molecule has 0 aromatic heterocycles. The van der Waals surface area contributed by atoms with E-state index in [1.54, 1.807) is 49.7 Å². The number of rotatable bonds is 0. The van der Waals surface area contributed by atoms with Crippen molar-refractivity contribution in [2.75, 3.05) is 52.4 Å². The van der Waals surface area contributed by atoms with E-state index in [1.165, 1.54) is 0 Å². The van der Waals surface area contributed by atoms with Crippen LogP contribution < -0.4 is 95.0 Å². The van der Waals surface area contributed by atoms with Crippen LogP contribution in [0.4, 0.5) is 0 Å². The number of aryl methyl sites for hydroxylation is 4. The standard InChI is InChI=1S/2C24H28N4O2.4Cd.4ClHO4.4H2O/c2*1-17-9-19-13-25-5-3-7-27-15-21-11-18(2)12-22(24(21)30)16-28-8-4-6-26-14-20(10-17)23(19)29;;;;;4*2-1(3,4)5;;;;/h2*9-16,29-30H,3-8H2,1-2H3;;;;;4*(H,2,3,4,5);4*1H2/q;;4*+2;;;;;;;;/p-4. The minimum absolute atomic E-state index is 0. The molecule has 12 N–H and O–H groups in total. The molecule has 472 valence electrons. The van der Waals surface area contributed by atoms with E-state index in [0.29, 0.717) is 96.9 Å². The van der Waals surface area contributed by atoms with Crippen LogP contribution in [0.15, 0.2) is 88.5 Å². The Labute approximate surface area is 594 Å². The van der Waals surface area contributed by atoms with Gasteiger partial charge in [-0.3, -0.25) is 39.9 Å². The normalized spacial score (nSPS) is 13.1. The molecular weight excluding hydrogens is 1660 g/mol. The van der Waals surface area contributed by atoms with Crippen LogP contribution in [0.2, 0.25) is 0 Å². The van der Waals surface area contributed by atoms with Gasteiger partial charge in [0, 0.05) is 102 Å². The average Bonchev–Trinajstić information content (AvgIpc) is 3.30. The van der Waals surface area contributed by atoms with Gasteiger partial charge in [-0.1, -0.05) is 71.5 Å². The van der Waals surface area contributed by atoms with Crippen LogP contribution in [0.25, 0.3) is 0 Å². The minimum atomic E-state index is -4.94. The summed E-state index contributed by atoms with van der Waals surface area (Å²) in [6.45, 7) is 12.3. The molecule has 8 bridgehead atoms. The van der Waals surface area contributed by atoms with Crippen LogP contribution in [-0.4, -0.2) is 102 Å². The Hall–Kier alpha value is -2.51. The van der Waals surface area contributed by atoms with Gasteiger partial charge >= 0.3 is 109 Å². The van der Waals surface area contributed by atoms with Gasteiger partial charge in [0.05, 0.1) is 0 Å². The molecule has 0 saturated carbocycles. The van der Waals surface area contributed by atoms with Crippen LogP contribution >= 0.6 is 0 Å². The van der Waals surface area contributed by atoms with E-state index < -0.39 is 41.0 Å². The largest absolute Gasteiger partial charge is 2.00 e. The fraction of sp³-hybridized carbons (Fsp3) is 0.333. The van der Waals surface area contributed by atoms with E-state index in [4.69, 9.17) is 74.5 Å². The molecule has 2 heterocycles. The molecule has 4 aromatic carbocycles. The summed E-state index contributed by atoms with van der Waals surface area (Å²) in [7, 11) is -19.8. The number of benzene rings is 4. The number of aliphatic imine (C=N–C) groups is 8. The molecule has 2 aliphatic rings. The molecule has 0 saturated heterocycles. The van der Waals surface area contributed by atoms with Crippen molar-refractivity contribution in [1.82, 2.24) is 0 Å². The average molecular weight is 1730 g/mol. The smallest absolute Gasteiger partial charge is 0.872 e. The molecule has 2 aliphatic heterocycles. The van der Waals surface area contributed by atoms with Gasteiger partial charge < -0.3 is 42.3 Å². The Morgan fingerprint density at radius 1 is 0.239 bits per heavy atom. The first kappa shape index (κ1) is 102. The van der Waals surface area contributed by atoms with Crippen molar-refractivity contribution in [3.05, 3.63) is 115 Å². The molecule has 0 aliphatic carbocycles. The topological polar surface area (TPSA) is 692 Å². The Balaban J connectivity index is -0.000000173. The summed E-state index contributed by atoms with van der Waals surface area (Å²) in [5.41, 5.74) is 8.57. The van der Waals surface area contributed by atoms with E-state index in [2.05, 4.69) is 39.9 Å². The summed E-state index contributed by atoms with van der Waals surface area (Å²) in [6.07, 6.45) is 16.0. The minimum Gasteiger partial charge on any atom is -0.872 e. The number of hydrogen-bond acceptors (Lipinski definition) is 28. The zero-order chi connectivity index (χ0) is 60.7. The van der Waals surface area contributed by atoms with E-state index in [9.17, 15) is 20.4 Å². The summed E-state index contributed by atoms with van der Waals surface area (Å²) in [6, 6.07) is 14.7. The quantitative estimate of drug-likeness (QED) is 0.117. The molecule has 0 amide bonds. The van der Waals surface area contributed by atoms with E-state index >= 15 is 0 Å². The second kappa shape index (κ2) is 52.9. The van der Waals surface area contributed by atoms with Crippen molar-refractivity contribution >= 4 is 49.7 Å². The maximum absolute atomic E-state index is 12.6. The molecule has 4 aromatic rings. The summed E-state index contributed by atoms with van der Waals surface area (Å²) >= 11 is 0. The molecular formula is C48H64Cd4Cl4N8O24+4. The Kier molecular flexibility index (Phi) is 61.1. The second-order valence-electron chi connectivity index (χ2n) is 16.3. The zero-order valence-corrected chi connectivity index (χ0v) is 67.3. The van der Waals surface area contributed by atoms with Gasteiger partial charge in [0.15, 0.2) is 0 Å². The third-order valence-corrected chi connectivity index (χ3v) is 9.30. The van der Waals surface area contributed by atoms with Gasteiger partial charge in [0.25, 0.3) is 0 Å². The van der Waals surface area contributed by atoms with Gasteiger partial charge in [0.1, 0.15) is 0 Å². The summed E-state index contributed by atoms with van der Waals surface area (Å²) in [5.74, 6) is -0.239. The SMILES string of the molecule is Cc1cc2c([O-])c(c1)C=NCCCN=Cc1cc(C)cc(c1[O-])C=NCCCN=C2.Cc1cc2c([O-])c(c1)C=NCCCN=Cc1cc(C)cc(c1[O-])C=NCCCN=C2.[Cd+2].[Cd+2].[Cd+2].[Cd+2].[O-][Cl+3]([O-])([O-])[O-].[O-][Cl+3]([O-])([O-])[O-].[O-][Cl+3]([O-])([O-])[O-].[O-][Cl+3]([O-])([O-])[O-].[OH3+].[OH3+].[OH3+].[OH3+]. The van der Waals surface area contributed by atoms with Gasteiger partial charge in [-0.25, -0.2) is 74.5 Å². The van der Waals surface area contributed by atoms with Crippen molar-refractivity contribution < 1.29 is 267 Å². The molecule has 40 heteroatoms. The molecule has 88 heavy (non-hydrogen) atoms. The maximum Gasteiger partial charge on any atom is 2.00 e. The third-order valence-electron chi connectivity index (χ3n) is 9.30. The van der Waals surface area contributed by atoms with Crippen LogP contribution in [0, 0.1) is 68.7 Å². The summed E-state index contributed by atoms with van der Waals surface area (Å²) < 4.78 is 136. The fourth-order valence-electron chi connectivity index (χ4n) is 6.40. The Morgan fingerprint density at radius 3 is 0.420 bits per heavy atom. The first-order chi connectivity index (χ1) is 37.1. The van der Waals surface area contributed by atoms with Gasteiger partial charge in [-0.05, 0) is 120 Å². The van der Waals surface area contributed by atoms with Crippen LogP contribution in [0.1, 0.15) is 92.4 Å². The monoisotopic (exact) mass is 1730 g/mol. The van der Waals surface area contributed by atoms with Crippen molar-refractivity contribution in [2.45, 2.75) is 53.4 Å². The van der Waals surface area contributed by atoms with Crippen molar-refractivity contribution in [1.29, 1.82) is 0 Å². The molecule has 32 nitrogen and oxygen atoms in total. The van der Waals surface area contributed by atoms with Crippen LogP contribution in [0.3, 0.4) is 0 Å². The van der Waals surface area contributed by atoms with Gasteiger partial charge in [0.2, 0.25) is 0 Å². The van der Waals surface area contributed by atoms with E-state index in [1.807, 2.05) is 76.2 Å². The number of halogens is 4. The van der Waals surface area contributed by atoms with Gasteiger partial charge in [-0.2, -0.15) is 0 Å². The van der Waals surface area contributed by atoms with E-state index in [0.717, 1.165) is 47.9 Å². The van der Waals surface area contributed by atoms with Crippen molar-refractivity contribution in [3.63, 3.8) is 0 Å². The summed E-state index contributed by atoms with van der Waals surface area (Å²) in [5, 5.41) is 50.4. The Bertz CT molecular complexity index is 2290. The molecule has 0 fully saturated rings. The predicted octanol–water partition coefficient (Wildman–Crippen LogP) is -17.5. The first-order valence-corrected chi connectivity index (χ1v) is 27.7. The molecule has 0 radical (unpaired) electrons. The molecule has 0 atom stereocenters. The number of fused-ring (bicyclic) bond motifs is 8. The molecule has 6 rings (SSSR count). The molecule has 0 spiro atoms. The Morgan fingerprint density at radius 2 is 0.330 bits per heavy atom. The number of hydrogen-bond donors (Lipinski definition) is 0. The van der Waals surface area contributed by atoms with Gasteiger partial charge in [-0.15, -0.1) is 41.0 Å². The zero-order valence-electron chi connectivity index (χ0n) is 48.1. The van der Waals surface area contributed by atoms with Crippen molar-refractivity contribution in [2.24, 2.45) is 39.9 Å². The first-order valence-electron chi connectivity index (χ1n) is 22.8.